The highest BCUT2D eigenvalue weighted by atomic mass is 35.5. The second-order valence-electron chi connectivity index (χ2n) is 11.5. The standard InChI is InChI=1S/C38H32Cl2N2O/c1-26-25-37(2,3)42(36(43)41-31-20-21-33(39)34(40)24-31)35-22-19-30(23-32(26)35)38(27-13-7-4-8-14-27,28-15-9-5-10-16-28)29-17-11-6-12-18-29/h4-25H,1-3H3,(H,41,43). The zero-order valence-electron chi connectivity index (χ0n) is 24.3. The summed E-state index contributed by atoms with van der Waals surface area (Å²) in [5.74, 6) is 0. The van der Waals surface area contributed by atoms with E-state index in [0.717, 1.165) is 22.4 Å². The molecule has 214 valence electrons. The van der Waals surface area contributed by atoms with Crippen molar-refractivity contribution < 1.29 is 4.79 Å². The third kappa shape index (κ3) is 5.14. The number of rotatable bonds is 5. The first kappa shape index (κ1) is 28.8. The normalized spacial score (nSPS) is 14.1. The second kappa shape index (κ2) is 11.4. The van der Waals surface area contributed by atoms with Gasteiger partial charge >= 0.3 is 6.03 Å². The lowest BCUT2D eigenvalue weighted by Crippen LogP contribution is -2.50. The molecule has 1 aliphatic rings. The Bertz CT molecular complexity index is 1720. The quantitative estimate of drug-likeness (QED) is 0.199. The number of hydrogen-bond donors (Lipinski definition) is 1. The molecule has 0 bridgehead atoms. The average Bonchev–Trinajstić information content (AvgIpc) is 3.01. The molecule has 0 aliphatic carbocycles. The molecule has 5 aromatic rings. The summed E-state index contributed by atoms with van der Waals surface area (Å²) >= 11 is 12.4. The zero-order valence-corrected chi connectivity index (χ0v) is 25.8. The Morgan fingerprint density at radius 3 is 1.72 bits per heavy atom. The predicted molar refractivity (Wildman–Crippen MR) is 180 cm³/mol. The van der Waals surface area contributed by atoms with Crippen LogP contribution in [0.3, 0.4) is 0 Å². The SMILES string of the molecule is CC1=CC(C)(C)N(C(=O)Nc2ccc(Cl)c(Cl)c2)c2ccc(C(c3ccccc3)(c3ccccc3)c3ccccc3)cc21. The Morgan fingerprint density at radius 2 is 1.21 bits per heavy atom. The molecule has 5 heteroatoms. The van der Waals surface area contributed by atoms with Crippen LogP contribution in [0, 0.1) is 0 Å². The molecule has 0 atom stereocenters. The van der Waals surface area contributed by atoms with Crippen LogP contribution in [-0.2, 0) is 5.41 Å². The van der Waals surface area contributed by atoms with Gasteiger partial charge in [0, 0.05) is 11.3 Å². The highest BCUT2D eigenvalue weighted by molar-refractivity contribution is 6.42. The molecular weight excluding hydrogens is 571 g/mol. The van der Waals surface area contributed by atoms with E-state index >= 15 is 0 Å². The molecule has 0 saturated carbocycles. The Hall–Kier alpha value is -4.31. The van der Waals surface area contributed by atoms with Crippen LogP contribution in [0.15, 0.2) is 133 Å². The van der Waals surface area contributed by atoms with Crippen molar-refractivity contribution in [1.82, 2.24) is 0 Å². The van der Waals surface area contributed by atoms with Gasteiger partial charge in [-0.05, 0) is 78.9 Å². The van der Waals surface area contributed by atoms with Gasteiger partial charge in [0.05, 0.1) is 26.7 Å². The first-order valence-corrected chi connectivity index (χ1v) is 15.0. The van der Waals surface area contributed by atoms with E-state index < -0.39 is 11.0 Å². The summed E-state index contributed by atoms with van der Waals surface area (Å²) < 4.78 is 0. The van der Waals surface area contributed by atoms with Gasteiger partial charge in [-0.15, -0.1) is 0 Å². The van der Waals surface area contributed by atoms with E-state index in [1.165, 1.54) is 16.7 Å². The van der Waals surface area contributed by atoms with Gasteiger partial charge in [-0.3, -0.25) is 4.90 Å². The van der Waals surface area contributed by atoms with Gasteiger partial charge in [-0.2, -0.15) is 0 Å². The molecule has 2 amide bonds. The van der Waals surface area contributed by atoms with Crippen LogP contribution in [0.25, 0.3) is 5.57 Å². The molecule has 1 N–H and O–H groups in total. The summed E-state index contributed by atoms with van der Waals surface area (Å²) in [7, 11) is 0. The third-order valence-corrected chi connectivity index (χ3v) is 8.97. The van der Waals surface area contributed by atoms with Crippen LogP contribution in [0.1, 0.15) is 48.6 Å². The lowest BCUT2D eigenvalue weighted by Gasteiger charge is -2.43. The minimum atomic E-state index is -0.584. The molecule has 43 heavy (non-hydrogen) atoms. The van der Waals surface area contributed by atoms with Crippen LogP contribution in [0.2, 0.25) is 10.0 Å². The fourth-order valence-electron chi connectivity index (χ4n) is 6.45. The Kier molecular flexibility index (Phi) is 7.64. The smallest absolute Gasteiger partial charge is 0.307 e. The topological polar surface area (TPSA) is 32.3 Å². The van der Waals surface area contributed by atoms with Crippen LogP contribution in [-0.4, -0.2) is 11.6 Å². The molecule has 0 aromatic heterocycles. The second-order valence-corrected chi connectivity index (χ2v) is 12.3. The maximum atomic E-state index is 13.9. The molecule has 0 spiro atoms. The van der Waals surface area contributed by atoms with Crippen LogP contribution >= 0.6 is 23.2 Å². The fraction of sp³-hybridized carbons (Fsp3) is 0.132. The first-order valence-electron chi connectivity index (χ1n) is 14.3. The molecule has 0 fully saturated rings. The monoisotopic (exact) mass is 602 g/mol. The van der Waals surface area contributed by atoms with E-state index in [9.17, 15) is 4.79 Å². The van der Waals surface area contributed by atoms with Gasteiger partial charge in [0.15, 0.2) is 0 Å². The van der Waals surface area contributed by atoms with Gasteiger partial charge < -0.3 is 5.32 Å². The minimum Gasteiger partial charge on any atom is -0.307 e. The Morgan fingerprint density at radius 1 is 0.674 bits per heavy atom. The minimum absolute atomic E-state index is 0.249. The average molecular weight is 604 g/mol. The van der Waals surface area contributed by atoms with Crippen LogP contribution in [0.5, 0.6) is 0 Å². The number of urea groups is 1. The summed E-state index contributed by atoms with van der Waals surface area (Å²) in [6.07, 6.45) is 2.16. The van der Waals surface area contributed by atoms with Crippen molar-refractivity contribution in [3.63, 3.8) is 0 Å². The number of nitrogens with one attached hydrogen (secondary N) is 1. The number of hydrogen-bond acceptors (Lipinski definition) is 1. The molecule has 0 saturated heterocycles. The van der Waals surface area contributed by atoms with Gasteiger partial charge in [-0.1, -0.05) is 126 Å². The largest absolute Gasteiger partial charge is 0.327 e. The number of nitrogens with zero attached hydrogens (tertiary/aromatic N) is 1. The Labute approximate surface area is 263 Å². The number of halogens is 2. The van der Waals surface area contributed by atoms with Crippen LogP contribution in [0.4, 0.5) is 16.2 Å². The summed E-state index contributed by atoms with van der Waals surface area (Å²) in [5, 5.41) is 3.85. The molecule has 1 heterocycles. The summed E-state index contributed by atoms with van der Waals surface area (Å²) in [5.41, 5.74) is 7.00. The van der Waals surface area contributed by atoms with E-state index in [1.54, 1.807) is 18.2 Å². The van der Waals surface area contributed by atoms with Gasteiger partial charge in [-0.25, -0.2) is 4.79 Å². The highest BCUT2D eigenvalue weighted by Crippen LogP contribution is 2.48. The molecule has 1 aliphatic heterocycles. The highest BCUT2D eigenvalue weighted by Gasteiger charge is 2.41. The number of carbonyl (C=O) groups excluding carboxylic acids is 1. The van der Waals surface area contributed by atoms with Crippen molar-refractivity contribution in [3.05, 3.63) is 171 Å². The first-order chi connectivity index (χ1) is 20.7. The van der Waals surface area contributed by atoms with E-state index in [-0.39, 0.29) is 6.03 Å². The van der Waals surface area contributed by atoms with Crippen molar-refractivity contribution in [3.8, 4) is 0 Å². The molecular formula is C38H32Cl2N2O. The van der Waals surface area contributed by atoms with Crippen molar-refractivity contribution in [1.29, 1.82) is 0 Å². The van der Waals surface area contributed by atoms with Crippen molar-refractivity contribution in [2.45, 2.75) is 31.7 Å². The fourth-order valence-corrected chi connectivity index (χ4v) is 6.75. The number of allylic oxidation sites excluding steroid dienone is 1. The van der Waals surface area contributed by atoms with Crippen molar-refractivity contribution in [2.75, 3.05) is 10.2 Å². The predicted octanol–water partition coefficient (Wildman–Crippen LogP) is 10.6. The Balaban J connectivity index is 1.55. The molecule has 5 aromatic carbocycles. The number of carbonyl (C=O) groups is 1. The number of amides is 2. The number of benzene rings is 5. The molecule has 0 unspecified atom stereocenters. The van der Waals surface area contributed by atoms with Crippen molar-refractivity contribution >= 4 is 46.2 Å². The van der Waals surface area contributed by atoms with Gasteiger partial charge in [0.2, 0.25) is 0 Å². The maximum Gasteiger partial charge on any atom is 0.327 e. The lowest BCUT2D eigenvalue weighted by molar-refractivity contribution is 0.253. The van der Waals surface area contributed by atoms with Crippen LogP contribution < -0.4 is 10.2 Å². The summed E-state index contributed by atoms with van der Waals surface area (Å²) in [6.45, 7) is 6.21. The van der Waals surface area contributed by atoms with E-state index in [2.05, 4.69) is 128 Å². The third-order valence-electron chi connectivity index (χ3n) is 8.24. The van der Waals surface area contributed by atoms with E-state index in [4.69, 9.17) is 23.2 Å². The van der Waals surface area contributed by atoms with Gasteiger partial charge in [0.1, 0.15) is 0 Å². The van der Waals surface area contributed by atoms with E-state index in [0.29, 0.717) is 15.7 Å². The zero-order chi connectivity index (χ0) is 30.2. The molecule has 0 radical (unpaired) electrons. The van der Waals surface area contributed by atoms with E-state index in [1.807, 2.05) is 18.7 Å². The number of fused-ring (bicyclic) bond motifs is 1. The van der Waals surface area contributed by atoms with Crippen molar-refractivity contribution in [2.24, 2.45) is 0 Å². The summed E-state index contributed by atoms with van der Waals surface area (Å²) in [6, 6.07) is 43.3. The molecule has 3 nitrogen and oxygen atoms in total. The summed E-state index contributed by atoms with van der Waals surface area (Å²) in [4.78, 5) is 15.7. The lowest BCUT2D eigenvalue weighted by atomic mass is 9.64. The number of anilines is 2. The van der Waals surface area contributed by atoms with Gasteiger partial charge in [0.25, 0.3) is 0 Å². The maximum absolute atomic E-state index is 13.9. The molecule has 6 rings (SSSR count).